The number of benzene rings is 2. The number of methoxy groups -OCH3 is 2. The number of hydrogen-bond donors (Lipinski definition) is 0. The highest BCUT2D eigenvalue weighted by molar-refractivity contribution is 6.10. The first-order valence-corrected chi connectivity index (χ1v) is 9.37. The van der Waals surface area contributed by atoms with E-state index in [-0.39, 0.29) is 6.61 Å². The summed E-state index contributed by atoms with van der Waals surface area (Å²) in [6, 6.07) is 11.5. The molecule has 152 valence electrons. The van der Waals surface area contributed by atoms with Gasteiger partial charge in [0.05, 0.1) is 20.8 Å². The van der Waals surface area contributed by atoms with Crippen molar-refractivity contribution in [2.45, 2.75) is 19.3 Å². The van der Waals surface area contributed by atoms with Gasteiger partial charge in [0.25, 0.3) is 0 Å². The highest BCUT2D eigenvalue weighted by atomic mass is 19.1. The molecule has 0 N–H and O–H groups in total. The Kier molecular flexibility index (Phi) is 6.32. The number of allylic oxidation sites excluding steroid dienone is 2. The molecule has 29 heavy (non-hydrogen) atoms. The molecular formula is C23H23FO5. The van der Waals surface area contributed by atoms with Gasteiger partial charge in [-0.3, -0.25) is 9.59 Å². The summed E-state index contributed by atoms with van der Waals surface area (Å²) >= 11 is 0. The Bertz CT molecular complexity index is 928. The second kappa shape index (κ2) is 8.90. The molecule has 0 fully saturated rings. The van der Waals surface area contributed by atoms with E-state index in [0.29, 0.717) is 29.1 Å². The van der Waals surface area contributed by atoms with E-state index >= 15 is 0 Å². The van der Waals surface area contributed by atoms with Crippen LogP contribution in [-0.4, -0.2) is 32.6 Å². The van der Waals surface area contributed by atoms with Crippen LogP contribution >= 0.6 is 0 Å². The summed E-state index contributed by atoms with van der Waals surface area (Å²) in [5.74, 6) is -2.10. The molecule has 0 amide bonds. The van der Waals surface area contributed by atoms with E-state index in [1.165, 1.54) is 26.4 Å². The van der Waals surface area contributed by atoms with Crippen molar-refractivity contribution in [2.24, 2.45) is 5.92 Å². The van der Waals surface area contributed by atoms with Crippen LogP contribution in [0.15, 0.2) is 48.5 Å². The molecule has 0 radical (unpaired) electrons. The molecule has 6 heteroatoms. The molecule has 0 unspecified atom stereocenters. The van der Waals surface area contributed by atoms with Gasteiger partial charge in [0.15, 0.2) is 5.78 Å². The Labute approximate surface area is 169 Å². The van der Waals surface area contributed by atoms with E-state index in [1.807, 2.05) is 0 Å². The molecule has 3 rings (SSSR count). The van der Waals surface area contributed by atoms with Gasteiger partial charge in [0.2, 0.25) is 0 Å². The van der Waals surface area contributed by atoms with Crippen molar-refractivity contribution in [1.82, 2.24) is 0 Å². The topological polar surface area (TPSA) is 61.8 Å². The number of esters is 1. The number of hydrogen-bond acceptors (Lipinski definition) is 5. The van der Waals surface area contributed by atoms with E-state index < -0.39 is 29.4 Å². The summed E-state index contributed by atoms with van der Waals surface area (Å²) in [7, 11) is 3.08. The highest BCUT2D eigenvalue weighted by Gasteiger charge is 2.40. The predicted octanol–water partition coefficient (Wildman–Crippen LogP) is 4.16. The van der Waals surface area contributed by atoms with E-state index in [1.54, 1.807) is 43.3 Å². The smallest absolute Gasteiger partial charge is 0.317 e. The van der Waals surface area contributed by atoms with Crippen molar-refractivity contribution in [1.29, 1.82) is 0 Å². The molecule has 0 saturated heterocycles. The Morgan fingerprint density at radius 1 is 1.10 bits per heavy atom. The molecule has 0 spiro atoms. The molecule has 0 aromatic heterocycles. The molecule has 2 aromatic rings. The van der Waals surface area contributed by atoms with Gasteiger partial charge in [-0.15, -0.1) is 0 Å². The first kappa shape index (κ1) is 20.6. The third-order valence-corrected chi connectivity index (χ3v) is 5.03. The zero-order valence-corrected chi connectivity index (χ0v) is 16.6. The summed E-state index contributed by atoms with van der Waals surface area (Å²) in [6.07, 6.45) is 1.74. The fourth-order valence-corrected chi connectivity index (χ4v) is 3.65. The summed E-state index contributed by atoms with van der Waals surface area (Å²) in [6.45, 7) is 1.82. The van der Waals surface area contributed by atoms with Crippen LogP contribution in [0.5, 0.6) is 11.5 Å². The lowest BCUT2D eigenvalue weighted by Crippen LogP contribution is -2.34. The Hall–Kier alpha value is -3.15. The molecule has 5 nitrogen and oxygen atoms in total. The number of ketones is 1. The van der Waals surface area contributed by atoms with E-state index in [0.717, 1.165) is 5.56 Å². The molecule has 0 aliphatic heterocycles. The first-order valence-electron chi connectivity index (χ1n) is 9.37. The average molecular weight is 398 g/mol. The zero-order valence-electron chi connectivity index (χ0n) is 16.6. The maximum Gasteiger partial charge on any atom is 0.317 e. The van der Waals surface area contributed by atoms with Gasteiger partial charge in [-0.2, -0.15) is 0 Å². The minimum absolute atomic E-state index is 0.149. The van der Waals surface area contributed by atoms with Crippen LogP contribution in [0.1, 0.15) is 30.4 Å². The number of rotatable bonds is 6. The maximum absolute atomic E-state index is 14.6. The van der Waals surface area contributed by atoms with Crippen LogP contribution in [0.4, 0.5) is 4.39 Å². The molecule has 0 heterocycles. The van der Waals surface area contributed by atoms with E-state index in [9.17, 15) is 14.0 Å². The van der Waals surface area contributed by atoms with Gasteiger partial charge in [-0.05, 0) is 54.3 Å². The van der Waals surface area contributed by atoms with Gasteiger partial charge in [-0.25, -0.2) is 4.39 Å². The average Bonchev–Trinajstić information content (AvgIpc) is 2.73. The minimum atomic E-state index is -1.08. The fraction of sp³-hybridized carbons (Fsp3) is 0.304. The fourth-order valence-electron chi connectivity index (χ4n) is 3.65. The summed E-state index contributed by atoms with van der Waals surface area (Å²) in [5.41, 5.74) is 1.72. The Morgan fingerprint density at radius 3 is 2.34 bits per heavy atom. The lowest BCUT2D eigenvalue weighted by Gasteiger charge is -2.30. The SMILES string of the molecule is CCOC(=O)[C@H]1C(=O)C=C(c2cc(OC)cc(OC)c2)C[C@H]1c1ccccc1F. The van der Waals surface area contributed by atoms with Gasteiger partial charge in [0.1, 0.15) is 23.2 Å². The second-order valence-electron chi connectivity index (χ2n) is 6.74. The standard InChI is InChI=1S/C23H23FO5/c1-4-29-23(26)22-19(18-7-5-6-8-20(18)24)11-15(12-21(22)25)14-9-16(27-2)13-17(10-14)28-3/h5-10,12-13,19,22H,4,11H2,1-3H3/t19-,22+/m0/s1. The molecule has 2 atom stereocenters. The number of ether oxygens (including phenoxy) is 3. The lowest BCUT2D eigenvalue weighted by atomic mass is 9.73. The predicted molar refractivity (Wildman–Crippen MR) is 106 cm³/mol. The molecule has 2 aromatic carbocycles. The zero-order chi connectivity index (χ0) is 21.0. The van der Waals surface area contributed by atoms with Crippen molar-refractivity contribution in [2.75, 3.05) is 20.8 Å². The lowest BCUT2D eigenvalue weighted by molar-refractivity contribution is -0.151. The number of halogens is 1. The summed E-state index contributed by atoms with van der Waals surface area (Å²) in [4.78, 5) is 25.4. The van der Waals surface area contributed by atoms with Crippen molar-refractivity contribution in [3.8, 4) is 11.5 Å². The second-order valence-corrected chi connectivity index (χ2v) is 6.74. The normalized spacial score (nSPS) is 18.8. The highest BCUT2D eigenvalue weighted by Crippen LogP contribution is 2.42. The molecule has 1 aliphatic rings. The first-order chi connectivity index (χ1) is 14.0. The van der Waals surface area contributed by atoms with Gasteiger partial charge < -0.3 is 14.2 Å². The minimum Gasteiger partial charge on any atom is -0.497 e. The third-order valence-electron chi connectivity index (χ3n) is 5.03. The molecule has 1 aliphatic carbocycles. The van der Waals surface area contributed by atoms with Crippen molar-refractivity contribution in [3.05, 3.63) is 65.5 Å². The van der Waals surface area contributed by atoms with Gasteiger partial charge in [0, 0.05) is 12.0 Å². The quantitative estimate of drug-likeness (QED) is 0.540. The van der Waals surface area contributed by atoms with Crippen LogP contribution in [0, 0.1) is 11.7 Å². The Balaban J connectivity index is 2.08. The summed E-state index contributed by atoms with van der Waals surface area (Å²) in [5, 5.41) is 0. The van der Waals surface area contributed by atoms with Crippen LogP contribution in [0.2, 0.25) is 0 Å². The van der Waals surface area contributed by atoms with Crippen molar-refractivity contribution in [3.63, 3.8) is 0 Å². The Morgan fingerprint density at radius 2 is 1.76 bits per heavy atom. The van der Waals surface area contributed by atoms with Gasteiger partial charge in [-0.1, -0.05) is 18.2 Å². The largest absolute Gasteiger partial charge is 0.497 e. The van der Waals surface area contributed by atoms with Gasteiger partial charge >= 0.3 is 5.97 Å². The molecular weight excluding hydrogens is 375 g/mol. The third kappa shape index (κ3) is 4.31. The summed E-state index contributed by atoms with van der Waals surface area (Å²) < 4.78 is 30.3. The van der Waals surface area contributed by atoms with Crippen LogP contribution in [0.3, 0.4) is 0 Å². The van der Waals surface area contributed by atoms with Crippen LogP contribution < -0.4 is 9.47 Å². The van der Waals surface area contributed by atoms with E-state index in [4.69, 9.17) is 14.2 Å². The van der Waals surface area contributed by atoms with Crippen molar-refractivity contribution >= 4 is 17.3 Å². The monoisotopic (exact) mass is 398 g/mol. The van der Waals surface area contributed by atoms with E-state index in [2.05, 4.69) is 0 Å². The van der Waals surface area contributed by atoms with Crippen LogP contribution in [-0.2, 0) is 14.3 Å². The number of carbonyl (C=O) groups is 2. The van der Waals surface area contributed by atoms with Crippen LogP contribution in [0.25, 0.3) is 5.57 Å². The molecule has 0 saturated carbocycles. The molecule has 0 bridgehead atoms. The van der Waals surface area contributed by atoms with Crippen molar-refractivity contribution < 1.29 is 28.2 Å². The maximum atomic E-state index is 14.6. The number of carbonyl (C=O) groups excluding carboxylic acids is 2.